The van der Waals surface area contributed by atoms with Crippen molar-refractivity contribution in [1.82, 2.24) is 14.5 Å². The number of ketones is 1. The summed E-state index contributed by atoms with van der Waals surface area (Å²) in [6.45, 7) is 2.95. The van der Waals surface area contributed by atoms with Crippen LogP contribution in [0.4, 0.5) is 5.82 Å². The standard InChI is InChI=1S/C16H20N4O3S/c1-2-20-14(17)13(15(22)18-16(20)23)12(21)8-19-6-3-4-11(19)10-5-7-24-9-10/h5,7,9,11H,2-4,6,8,17H2,1H3,(H,18,22,23). The molecule has 7 nitrogen and oxygen atoms in total. The van der Waals surface area contributed by atoms with E-state index in [-0.39, 0.29) is 29.8 Å². The number of carbonyl (C=O) groups is 1. The first kappa shape index (κ1) is 16.7. The van der Waals surface area contributed by atoms with Gasteiger partial charge in [-0.2, -0.15) is 11.3 Å². The van der Waals surface area contributed by atoms with Crippen molar-refractivity contribution in [2.75, 3.05) is 18.8 Å². The number of H-pyrrole nitrogens is 1. The number of nitrogen functional groups attached to an aromatic ring is 1. The van der Waals surface area contributed by atoms with Gasteiger partial charge in [0, 0.05) is 12.6 Å². The fourth-order valence-corrected chi connectivity index (χ4v) is 4.00. The number of anilines is 1. The molecular formula is C16H20N4O3S. The lowest BCUT2D eigenvalue weighted by Crippen LogP contribution is -2.39. The molecule has 0 aromatic carbocycles. The SMILES string of the molecule is CCn1c(N)c(C(=O)CN2CCCC2c2ccsc2)c(=O)[nH]c1=O. The Morgan fingerprint density at radius 1 is 1.46 bits per heavy atom. The van der Waals surface area contributed by atoms with Crippen LogP contribution in [-0.4, -0.2) is 33.3 Å². The molecular weight excluding hydrogens is 328 g/mol. The zero-order valence-electron chi connectivity index (χ0n) is 13.4. The molecule has 0 aliphatic carbocycles. The Hall–Kier alpha value is -2.19. The maximum atomic E-state index is 12.7. The van der Waals surface area contributed by atoms with Crippen molar-refractivity contribution < 1.29 is 4.79 Å². The molecule has 0 bridgehead atoms. The molecule has 1 saturated heterocycles. The van der Waals surface area contributed by atoms with Crippen molar-refractivity contribution in [3.63, 3.8) is 0 Å². The Bertz CT molecular complexity index is 853. The second-order valence-electron chi connectivity index (χ2n) is 5.87. The van der Waals surface area contributed by atoms with Gasteiger partial charge in [-0.25, -0.2) is 4.79 Å². The molecule has 3 heterocycles. The zero-order valence-corrected chi connectivity index (χ0v) is 14.3. The number of aromatic amines is 1. The monoisotopic (exact) mass is 348 g/mol. The highest BCUT2D eigenvalue weighted by molar-refractivity contribution is 7.07. The molecule has 0 radical (unpaired) electrons. The summed E-state index contributed by atoms with van der Waals surface area (Å²) in [6.07, 6.45) is 2.00. The van der Waals surface area contributed by atoms with Gasteiger partial charge in [0.2, 0.25) is 0 Å². The first-order valence-corrected chi connectivity index (χ1v) is 8.89. The number of carbonyl (C=O) groups excluding carboxylic acids is 1. The normalized spacial score (nSPS) is 18.1. The predicted octanol–water partition coefficient (Wildman–Crippen LogP) is 1.22. The third-order valence-electron chi connectivity index (χ3n) is 4.47. The lowest BCUT2D eigenvalue weighted by Gasteiger charge is -2.23. The molecule has 3 rings (SSSR count). The fourth-order valence-electron chi connectivity index (χ4n) is 3.29. The van der Waals surface area contributed by atoms with E-state index in [1.807, 2.05) is 5.38 Å². The number of nitrogens with two attached hydrogens (primary N) is 1. The molecule has 1 aliphatic rings. The number of hydrogen-bond acceptors (Lipinski definition) is 6. The number of nitrogens with zero attached hydrogens (tertiary/aromatic N) is 2. The maximum Gasteiger partial charge on any atom is 0.329 e. The van der Waals surface area contributed by atoms with E-state index in [9.17, 15) is 14.4 Å². The highest BCUT2D eigenvalue weighted by atomic mass is 32.1. The van der Waals surface area contributed by atoms with Crippen LogP contribution >= 0.6 is 11.3 Å². The minimum absolute atomic E-state index is 0.0532. The Labute approximate surface area is 142 Å². The minimum Gasteiger partial charge on any atom is -0.384 e. The van der Waals surface area contributed by atoms with Crippen LogP contribution in [0.15, 0.2) is 26.4 Å². The first-order valence-electron chi connectivity index (χ1n) is 7.94. The van der Waals surface area contributed by atoms with Crippen molar-refractivity contribution in [2.24, 2.45) is 0 Å². The predicted molar refractivity (Wildman–Crippen MR) is 93.6 cm³/mol. The van der Waals surface area contributed by atoms with Gasteiger partial charge in [0.1, 0.15) is 11.4 Å². The van der Waals surface area contributed by atoms with Gasteiger partial charge in [0.15, 0.2) is 5.78 Å². The van der Waals surface area contributed by atoms with E-state index in [2.05, 4.69) is 21.3 Å². The average Bonchev–Trinajstić information content (AvgIpc) is 3.17. The summed E-state index contributed by atoms with van der Waals surface area (Å²) in [5.74, 6) is -0.402. The van der Waals surface area contributed by atoms with E-state index in [4.69, 9.17) is 5.73 Å². The smallest absolute Gasteiger partial charge is 0.329 e. The number of thiophene rings is 1. The van der Waals surface area contributed by atoms with Crippen molar-refractivity contribution >= 4 is 22.9 Å². The van der Waals surface area contributed by atoms with E-state index >= 15 is 0 Å². The Morgan fingerprint density at radius 2 is 2.25 bits per heavy atom. The van der Waals surface area contributed by atoms with Gasteiger partial charge in [0.05, 0.1) is 6.54 Å². The van der Waals surface area contributed by atoms with Gasteiger partial charge >= 0.3 is 5.69 Å². The number of likely N-dealkylation sites (tertiary alicyclic amines) is 1. The molecule has 0 amide bonds. The van der Waals surface area contributed by atoms with Gasteiger partial charge in [0.25, 0.3) is 5.56 Å². The summed E-state index contributed by atoms with van der Waals surface area (Å²) in [5.41, 5.74) is 5.69. The van der Waals surface area contributed by atoms with Crippen LogP contribution in [0.1, 0.15) is 41.7 Å². The van der Waals surface area contributed by atoms with Gasteiger partial charge in [-0.15, -0.1) is 0 Å². The van der Waals surface area contributed by atoms with Crippen molar-refractivity contribution in [3.05, 3.63) is 48.8 Å². The molecule has 2 aromatic rings. The molecule has 2 aromatic heterocycles. The van der Waals surface area contributed by atoms with Gasteiger partial charge < -0.3 is 5.73 Å². The van der Waals surface area contributed by atoms with Gasteiger partial charge in [-0.1, -0.05) is 0 Å². The highest BCUT2D eigenvalue weighted by Crippen LogP contribution is 2.32. The van der Waals surface area contributed by atoms with Crippen LogP contribution in [0.2, 0.25) is 0 Å². The summed E-state index contributed by atoms with van der Waals surface area (Å²) in [4.78, 5) is 40.7. The summed E-state index contributed by atoms with van der Waals surface area (Å²) < 4.78 is 1.20. The van der Waals surface area contributed by atoms with Gasteiger partial charge in [-0.3, -0.25) is 24.0 Å². The molecule has 3 N–H and O–H groups in total. The lowest BCUT2D eigenvalue weighted by atomic mass is 10.1. The van der Waals surface area contributed by atoms with E-state index in [1.165, 1.54) is 10.1 Å². The molecule has 0 spiro atoms. The molecule has 1 atom stereocenters. The first-order chi connectivity index (χ1) is 11.5. The van der Waals surface area contributed by atoms with Crippen molar-refractivity contribution in [2.45, 2.75) is 32.4 Å². The molecule has 8 heteroatoms. The second kappa shape index (κ2) is 6.74. The van der Waals surface area contributed by atoms with Gasteiger partial charge in [-0.05, 0) is 48.7 Å². The van der Waals surface area contributed by atoms with Crippen molar-refractivity contribution in [3.8, 4) is 0 Å². The minimum atomic E-state index is -0.710. The van der Waals surface area contributed by atoms with E-state index in [1.54, 1.807) is 18.3 Å². The topological polar surface area (TPSA) is 101 Å². The average molecular weight is 348 g/mol. The summed E-state index contributed by atoms with van der Waals surface area (Å²) in [7, 11) is 0. The lowest BCUT2D eigenvalue weighted by molar-refractivity contribution is 0.0920. The third-order valence-corrected chi connectivity index (χ3v) is 5.17. The number of aromatic nitrogens is 2. The van der Waals surface area contributed by atoms with E-state index in [0.717, 1.165) is 19.4 Å². The fraction of sp³-hybridized carbons (Fsp3) is 0.438. The second-order valence-corrected chi connectivity index (χ2v) is 6.65. The molecule has 1 aliphatic heterocycles. The molecule has 0 saturated carbocycles. The molecule has 1 fully saturated rings. The Balaban J connectivity index is 1.88. The Kier molecular flexibility index (Phi) is 4.68. The Morgan fingerprint density at radius 3 is 2.92 bits per heavy atom. The molecule has 128 valence electrons. The number of rotatable bonds is 5. The van der Waals surface area contributed by atoms with E-state index < -0.39 is 11.2 Å². The molecule has 24 heavy (non-hydrogen) atoms. The summed E-state index contributed by atoms with van der Waals surface area (Å²) in [6, 6.07) is 2.26. The van der Waals surface area contributed by atoms with Crippen LogP contribution in [0, 0.1) is 0 Å². The van der Waals surface area contributed by atoms with E-state index in [0.29, 0.717) is 6.54 Å². The quantitative estimate of drug-likeness (QED) is 0.791. The van der Waals surface area contributed by atoms with Crippen LogP contribution in [0.5, 0.6) is 0 Å². The maximum absolute atomic E-state index is 12.7. The van der Waals surface area contributed by atoms with Crippen LogP contribution in [-0.2, 0) is 6.54 Å². The zero-order chi connectivity index (χ0) is 17.3. The van der Waals surface area contributed by atoms with Crippen LogP contribution < -0.4 is 17.0 Å². The van der Waals surface area contributed by atoms with Crippen LogP contribution in [0.25, 0.3) is 0 Å². The highest BCUT2D eigenvalue weighted by Gasteiger charge is 2.29. The number of hydrogen-bond donors (Lipinski definition) is 2. The third kappa shape index (κ3) is 2.94. The summed E-state index contributed by atoms with van der Waals surface area (Å²) >= 11 is 1.63. The largest absolute Gasteiger partial charge is 0.384 e. The summed E-state index contributed by atoms with van der Waals surface area (Å²) in [5, 5.41) is 4.11. The van der Waals surface area contributed by atoms with Crippen LogP contribution in [0.3, 0.4) is 0 Å². The number of nitrogens with one attached hydrogen (secondary N) is 1. The molecule has 1 unspecified atom stereocenters. The van der Waals surface area contributed by atoms with Crippen molar-refractivity contribution in [1.29, 1.82) is 0 Å². The number of Topliss-reactive ketones (excluding diaryl/α,β-unsaturated/α-hetero) is 1.